The van der Waals surface area contributed by atoms with E-state index in [4.69, 9.17) is 14.4 Å². The first-order valence-corrected chi connectivity index (χ1v) is 17.9. The van der Waals surface area contributed by atoms with Crippen molar-refractivity contribution in [2.75, 3.05) is 4.90 Å². The van der Waals surface area contributed by atoms with Gasteiger partial charge in [0.1, 0.15) is 5.58 Å². The normalized spacial score (nSPS) is 18.9. The van der Waals surface area contributed by atoms with Crippen LogP contribution >= 0.6 is 0 Å². The highest BCUT2D eigenvalue weighted by atomic mass is 16.3. The van der Waals surface area contributed by atoms with E-state index in [2.05, 4.69) is 132 Å². The van der Waals surface area contributed by atoms with Crippen molar-refractivity contribution in [1.82, 2.24) is 9.97 Å². The molecule has 4 aliphatic rings. The number of allylic oxidation sites excluding steroid dienone is 6. The summed E-state index contributed by atoms with van der Waals surface area (Å²) in [4.78, 5) is 13.2. The summed E-state index contributed by atoms with van der Waals surface area (Å²) in [5, 5.41) is 4.52. The summed E-state index contributed by atoms with van der Waals surface area (Å²) in [6, 6.07) is 39.1. The lowest BCUT2D eigenvalue weighted by molar-refractivity contribution is 0.652. The fourth-order valence-corrected chi connectivity index (χ4v) is 8.91. The molecule has 0 radical (unpaired) electrons. The SMILES string of the molecule is C1=CC2C3=C(CCC=C3)N(c3cccc4ccc5c(c34)-c3ccccc3CC(c3nc(-c4ccccc4)c4c(n3)oc3ccccc34)=C5)C2C=C1. The van der Waals surface area contributed by atoms with Crippen molar-refractivity contribution in [3.05, 3.63) is 174 Å². The molecule has 3 aliphatic carbocycles. The molecule has 7 aromatic rings. The maximum atomic E-state index is 6.43. The van der Waals surface area contributed by atoms with Gasteiger partial charge in [-0.05, 0) is 64.3 Å². The minimum absolute atomic E-state index is 0.261. The third-order valence-corrected chi connectivity index (χ3v) is 11.1. The number of benzene rings is 5. The molecule has 0 spiro atoms. The Morgan fingerprint density at radius 1 is 0.745 bits per heavy atom. The molecule has 0 saturated heterocycles. The van der Waals surface area contributed by atoms with E-state index in [0.29, 0.717) is 23.9 Å². The van der Waals surface area contributed by atoms with Crippen LogP contribution in [0.3, 0.4) is 0 Å². The molecular formula is C47H33N3O. The minimum atomic E-state index is 0.261. The van der Waals surface area contributed by atoms with Gasteiger partial charge < -0.3 is 9.32 Å². The third kappa shape index (κ3) is 4.32. The first kappa shape index (κ1) is 28.6. The summed E-state index contributed by atoms with van der Waals surface area (Å²) in [5.41, 5.74) is 13.6. The number of nitrogens with zero attached hydrogens (tertiary/aromatic N) is 3. The maximum absolute atomic E-state index is 6.43. The highest BCUT2D eigenvalue weighted by molar-refractivity contribution is 6.12. The van der Waals surface area contributed by atoms with Crippen molar-refractivity contribution in [2.45, 2.75) is 25.3 Å². The zero-order valence-electron chi connectivity index (χ0n) is 28.0. The monoisotopic (exact) mass is 655 g/mol. The van der Waals surface area contributed by atoms with E-state index in [1.165, 1.54) is 50.0 Å². The Bertz CT molecular complexity index is 2740. The van der Waals surface area contributed by atoms with Crippen LogP contribution < -0.4 is 4.90 Å². The van der Waals surface area contributed by atoms with Crippen LogP contribution in [0, 0.1) is 5.92 Å². The van der Waals surface area contributed by atoms with E-state index in [1.54, 1.807) is 0 Å². The lowest BCUT2D eigenvalue weighted by Crippen LogP contribution is -2.33. The van der Waals surface area contributed by atoms with Crippen molar-refractivity contribution < 1.29 is 4.42 Å². The molecule has 0 amide bonds. The van der Waals surface area contributed by atoms with E-state index in [1.807, 2.05) is 24.3 Å². The van der Waals surface area contributed by atoms with Crippen LogP contribution in [0.5, 0.6) is 0 Å². The molecule has 0 bridgehead atoms. The smallest absolute Gasteiger partial charge is 0.231 e. The molecule has 51 heavy (non-hydrogen) atoms. The maximum Gasteiger partial charge on any atom is 0.231 e. The fourth-order valence-electron chi connectivity index (χ4n) is 8.91. The van der Waals surface area contributed by atoms with Crippen molar-refractivity contribution in [3.8, 4) is 22.4 Å². The van der Waals surface area contributed by atoms with Gasteiger partial charge in [-0.1, -0.05) is 134 Å². The zero-order chi connectivity index (χ0) is 33.5. The Hall–Kier alpha value is -6.26. The fraction of sp³-hybridized carbons (Fsp3) is 0.106. The molecule has 2 unspecified atom stereocenters. The van der Waals surface area contributed by atoms with Gasteiger partial charge in [-0.2, -0.15) is 4.98 Å². The molecular weight excluding hydrogens is 623 g/mol. The number of furan rings is 1. The van der Waals surface area contributed by atoms with Gasteiger partial charge in [0.15, 0.2) is 5.82 Å². The average Bonchev–Trinajstić information content (AvgIpc) is 3.67. The molecule has 5 aromatic carbocycles. The summed E-state index contributed by atoms with van der Waals surface area (Å²) in [5.74, 6) is 1.06. The molecule has 11 rings (SSSR count). The van der Waals surface area contributed by atoms with Crippen molar-refractivity contribution in [1.29, 1.82) is 0 Å². The van der Waals surface area contributed by atoms with Gasteiger partial charge in [-0.15, -0.1) is 0 Å². The Labute approximate surface area is 296 Å². The molecule has 0 fully saturated rings. The molecule has 3 heterocycles. The van der Waals surface area contributed by atoms with Crippen LogP contribution in [0.15, 0.2) is 161 Å². The quantitative estimate of drug-likeness (QED) is 0.190. The minimum Gasteiger partial charge on any atom is -0.438 e. The van der Waals surface area contributed by atoms with Gasteiger partial charge in [0.05, 0.1) is 17.1 Å². The van der Waals surface area contributed by atoms with Crippen LogP contribution in [0.25, 0.3) is 66.9 Å². The lowest BCUT2D eigenvalue weighted by atomic mass is 9.88. The second-order valence-corrected chi connectivity index (χ2v) is 13.9. The zero-order valence-corrected chi connectivity index (χ0v) is 28.0. The number of anilines is 1. The summed E-state index contributed by atoms with van der Waals surface area (Å²) < 4.78 is 6.43. The number of rotatable bonds is 3. The Morgan fingerprint density at radius 2 is 1.61 bits per heavy atom. The molecule has 2 aromatic heterocycles. The van der Waals surface area contributed by atoms with Gasteiger partial charge in [-0.25, -0.2) is 4.98 Å². The molecule has 2 atom stereocenters. The molecule has 0 N–H and O–H groups in total. The van der Waals surface area contributed by atoms with Gasteiger partial charge in [0, 0.05) is 45.6 Å². The van der Waals surface area contributed by atoms with Crippen LogP contribution in [0.1, 0.15) is 29.8 Å². The van der Waals surface area contributed by atoms with Gasteiger partial charge in [0.25, 0.3) is 0 Å². The molecule has 4 heteroatoms. The highest BCUT2D eigenvalue weighted by Gasteiger charge is 2.40. The van der Waals surface area contributed by atoms with E-state index in [-0.39, 0.29) is 6.04 Å². The third-order valence-electron chi connectivity index (χ3n) is 11.1. The second kappa shape index (κ2) is 11.1. The van der Waals surface area contributed by atoms with Crippen molar-refractivity contribution in [3.63, 3.8) is 0 Å². The van der Waals surface area contributed by atoms with Crippen molar-refractivity contribution >= 4 is 50.2 Å². The highest BCUT2D eigenvalue weighted by Crippen LogP contribution is 2.50. The molecule has 242 valence electrons. The summed E-state index contributed by atoms with van der Waals surface area (Å²) in [7, 11) is 0. The summed E-state index contributed by atoms with van der Waals surface area (Å²) >= 11 is 0. The van der Waals surface area contributed by atoms with Gasteiger partial charge in [-0.3, -0.25) is 0 Å². The molecule has 4 nitrogen and oxygen atoms in total. The van der Waals surface area contributed by atoms with Gasteiger partial charge in [0.2, 0.25) is 5.71 Å². The number of hydrogen-bond donors (Lipinski definition) is 0. The standard InChI is InChI=1S/C47H33N3O/c1-2-13-30(14-3-1)45-44-37-20-8-11-24-41(37)51-47(44)49-46(48-45)33-27-31-15-4-5-17-34(31)42-32(28-33)26-25-29-16-12-23-40(43(29)42)50-38-21-9-6-18-35(38)36-19-7-10-22-39(36)50/h1-9,11-21,23-26,28,35,38H,10,22,27H2. The predicted octanol–water partition coefficient (Wildman–Crippen LogP) is 11.5. The largest absolute Gasteiger partial charge is 0.438 e. The van der Waals surface area contributed by atoms with E-state index in [9.17, 15) is 0 Å². The predicted molar refractivity (Wildman–Crippen MR) is 209 cm³/mol. The molecule has 0 saturated carbocycles. The van der Waals surface area contributed by atoms with E-state index in [0.717, 1.165) is 46.0 Å². The summed E-state index contributed by atoms with van der Waals surface area (Å²) in [6.45, 7) is 0. The van der Waals surface area contributed by atoms with Crippen LogP contribution in [-0.4, -0.2) is 16.0 Å². The van der Waals surface area contributed by atoms with Crippen molar-refractivity contribution in [2.24, 2.45) is 5.92 Å². The van der Waals surface area contributed by atoms with Crippen LogP contribution in [0.4, 0.5) is 5.69 Å². The molecule has 1 aliphatic heterocycles. The number of hydrogen-bond acceptors (Lipinski definition) is 4. The second-order valence-electron chi connectivity index (χ2n) is 13.9. The Kier molecular flexibility index (Phi) is 6.23. The van der Waals surface area contributed by atoms with E-state index >= 15 is 0 Å². The number of aromatic nitrogens is 2. The topological polar surface area (TPSA) is 42.2 Å². The lowest BCUT2D eigenvalue weighted by Gasteiger charge is -2.33. The number of fused-ring (bicyclic) bond motifs is 10. The van der Waals surface area contributed by atoms with Crippen LogP contribution in [-0.2, 0) is 6.42 Å². The van der Waals surface area contributed by atoms with Gasteiger partial charge >= 0.3 is 0 Å². The van der Waals surface area contributed by atoms with E-state index < -0.39 is 0 Å². The average molecular weight is 656 g/mol. The van der Waals surface area contributed by atoms with Crippen LogP contribution in [0.2, 0.25) is 0 Å². The number of para-hydroxylation sites is 1. The Morgan fingerprint density at radius 3 is 2.57 bits per heavy atom. The first-order valence-electron chi connectivity index (χ1n) is 17.9. The Balaban J connectivity index is 1.16. The summed E-state index contributed by atoms with van der Waals surface area (Å²) in [6.07, 6.45) is 19.1. The first-order chi connectivity index (χ1) is 25.3.